The van der Waals surface area contributed by atoms with Gasteiger partial charge in [-0.2, -0.15) is 0 Å². The van der Waals surface area contributed by atoms with Gasteiger partial charge in [-0.25, -0.2) is 0 Å². The van der Waals surface area contributed by atoms with Crippen LogP contribution in [0.25, 0.3) is 0 Å². The van der Waals surface area contributed by atoms with E-state index < -0.39 is 0 Å². The predicted octanol–water partition coefficient (Wildman–Crippen LogP) is 3.23. The number of aromatic nitrogens is 1. The molecule has 0 spiro atoms. The zero-order chi connectivity index (χ0) is 18.5. The molecular formula is C21H25N3O2. The highest BCUT2D eigenvalue weighted by molar-refractivity contribution is 6.03. The highest BCUT2D eigenvalue weighted by Crippen LogP contribution is 2.24. The van der Waals surface area contributed by atoms with Crippen molar-refractivity contribution in [1.82, 2.24) is 9.88 Å². The van der Waals surface area contributed by atoms with Gasteiger partial charge in [0, 0.05) is 24.1 Å². The summed E-state index contributed by atoms with van der Waals surface area (Å²) in [6, 6.07) is 13.6. The number of amides is 2. The molecule has 1 fully saturated rings. The summed E-state index contributed by atoms with van der Waals surface area (Å²) in [5.41, 5.74) is 2.14. The maximum atomic E-state index is 12.6. The van der Waals surface area contributed by atoms with Crippen LogP contribution in [0, 0.1) is 0 Å². The van der Waals surface area contributed by atoms with Crippen molar-refractivity contribution in [2.75, 3.05) is 18.0 Å². The number of anilines is 1. The van der Waals surface area contributed by atoms with Crippen molar-refractivity contribution >= 4 is 17.5 Å². The zero-order valence-electron chi connectivity index (χ0n) is 15.3. The van der Waals surface area contributed by atoms with Crippen LogP contribution in [0.5, 0.6) is 0 Å². The Morgan fingerprint density at radius 2 is 1.54 bits per heavy atom. The first-order valence-electron chi connectivity index (χ1n) is 9.11. The number of nitrogens with zero attached hydrogens (tertiary/aromatic N) is 3. The summed E-state index contributed by atoms with van der Waals surface area (Å²) in [5.74, 6) is 0.139. The first-order chi connectivity index (χ1) is 12.6. The van der Waals surface area contributed by atoms with Gasteiger partial charge in [-0.15, -0.1) is 0 Å². The smallest absolute Gasteiger partial charge is 0.249 e. The lowest BCUT2D eigenvalue weighted by molar-refractivity contribution is -0.148. The molecule has 1 saturated heterocycles. The SMILES string of the molecule is CC(CCC(C)N1C(=O)CN(c2ccccc2)CC1=O)c1ccncc1. The van der Waals surface area contributed by atoms with Gasteiger partial charge in [0.2, 0.25) is 11.8 Å². The summed E-state index contributed by atoms with van der Waals surface area (Å²) in [4.78, 5) is 32.5. The number of pyridine rings is 1. The third-order valence-corrected chi connectivity index (χ3v) is 5.04. The molecular weight excluding hydrogens is 326 g/mol. The molecule has 2 heterocycles. The van der Waals surface area contributed by atoms with Crippen LogP contribution in [0.4, 0.5) is 5.69 Å². The fourth-order valence-electron chi connectivity index (χ4n) is 3.47. The van der Waals surface area contributed by atoms with E-state index in [4.69, 9.17) is 0 Å². The number of carbonyl (C=O) groups is 2. The van der Waals surface area contributed by atoms with E-state index in [2.05, 4.69) is 11.9 Å². The third kappa shape index (κ3) is 4.10. The average molecular weight is 351 g/mol. The number of hydrogen-bond acceptors (Lipinski definition) is 4. The lowest BCUT2D eigenvalue weighted by atomic mass is 9.94. The maximum absolute atomic E-state index is 12.6. The lowest BCUT2D eigenvalue weighted by Crippen LogP contribution is -2.57. The largest absolute Gasteiger partial charge is 0.353 e. The minimum Gasteiger partial charge on any atom is -0.353 e. The van der Waals surface area contributed by atoms with Crippen LogP contribution >= 0.6 is 0 Å². The van der Waals surface area contributed by atoms with E-state index in [9.17, 15) is 9.59 Å². The minimum atomic E-state index is -0.117. The second kappa shape index (κ2) is 8.13. The summed E-state index contributed by atoms with van der Waals surface area (Å²) in [7, 11) is 0. The fraction of sp³-hybridized carbons (Fsp3) is 0.381. The molecule has 2 amide bonds. The molecule has 136 valence electrons. The fourth-order valence-corrected chi connectivity index (χ4v) is 3.47. The second-order valence-corrected chi connectivity index (χ2v) is 6.96. The van der Waals surface area contributed by atoms with Crippen molar-refractivity contribution in [3.8, 4) is 0 Å². The Labute approximate surface area is 154 Å². The van der Waals surface area contributed by atoms with Crippen LogP contribution in [-0.4, -0.2) is 40.8 Å². The van der Waals surface area contributed by atoms with Gasteiger partial charge in [0.25, 0.3) is 0 Å². The van der Waals surface area contributed by atoms with Crippen LogP contribution in [0.2, 0.25) is 0 Å². The van der Waals surface area contributed by atoms with E-state index in [0.717, 1.165) is 18.5 Å². The number of para-hydroxylation sites is 1. The molecule has 2 atom stereocenters. The molecule has 0 aliphatic carbocycles. The van der Waals surface area contributed by atoms with Crippen LogP contribution in [-0.2, 0) is 9.59 Å². The monoisotopic (exact) mass is 351 g/mol. The molecule has 0 saturated carbocycles. The molecule has 2 unspecified atom stereocenters. The first-order valence-corrected chi connectivity index (χ1v) is 9.11. The Kier molecular flexibility index (Phi) is 5.66. The van der Waals surface area contributed by atoms with E-state index >= 15 is 0 Å². The van der Waals surface area contributed by atoms with Gasteiger partial charge >= 0.3 is 0 Å². The average Bonchev–Trinajstić information content (AvgIpc) is 2.67. The highest BCUT2D eigenvalue weighted by atomic mass is 16.2. The molecule has 2 aromatic rings. The highest BCUT2D eigenvalue weighted by Gasteiger charge is 2.34. The quantitative estimate of drug-likeness (QED) is 0.750. The van der Waals surface area contributed by atoms with Crippen LogP contribution in [0.1, 0.15) is 38.2 Å². The topological polar surface area (TPSA) is 53.5 Å². The van der Waals surface area contributed by atoms with Crippen LogP contribution < -0.4 is 4.90 Å². The van der Waals surface area contributed by atoms with Crippen molar-refractivity contribution < 1.29 is 9.59 Å². The van der Waals surface area contributed by atoms with Gasteiger partial charge in [-0.1, -0.05) is 25.1 Å². The Balaban J connectivity index is 1.59. The lowest BCUT2D eigenvalue weighted by Gasteiger charge is -2.37. The number of rotatable bonds is 6. The van der Waals surface area contributed by atoms with E-state index in [1.807, 2.05) is 54.3 Å². The molecule has 5 heteroatoms. The van der Waals surface area contributed by atoms with Gasteiger partial charge in [-0.3, -0.25) is 19.5 Å². The van der Waals surface area contributed by atoms with Gasteiger partial charge in [0.05, 0.1) is 13.1 Å². The molecule has 0 bridgehead atoms. The molecule has 1 aromatic carbocycles. The van der Waals surface area contributed by atoms with Crippen molar-refractivity contribution in [1.29, 1.82) is 0 Å². The Morgan fingerprint density at radius 1 is 0.923 bits per heavy atom. The summed E-state index contributed by atoms with van der Waals surface area (Å²) < 4.78 is 0. The summed E-state index contributed by atoms with van der Waals surface area (Å²) in [5, 5.41) is 0. The molecule has 3 rings (SSSR count). The van der Waals surface area contributed by atoms with Crippen LogP contribution in [0.15, 0.2) is 54.9 Å². The zero-order valence-corrected chi connectivity index (χ0v) is 15.3. The molecule has 1 aromatic heterocycles. The van der Waals surface area contributed by atoms with Crippen LogP contribution in [0.3, 0.4) is 0 Å². The summed E-state index contributed by atoms with van der Waals surface area (Å²) in [6.45, 7) is 4.63. The molecule has 1 aliphatic heterocycles. The number of carbonyl (C=O) groups excluding carboxylic acids is 2. The van der Waals surface area contributed by atoms with Gasteiger partial charge in [0.1, 0.15) is 0 Å². The van der Waals surface area contributed by atoms with Gasteiger partial charge < -0.3 is 4.90 Å². The standard InChI is InChI=1S/C21H25N3O2/c1-16(18-10-12-22-13-11-18)8-9-17(2)24-20(25)14-23(15-21(24)26)19-6-4-3-5-7-19/h3-7,10-13,16-17H,8-9,14-15H2,1-2H3. The third-order valence-electron chi connectivity index (χ3n) is 5.04. The maximum Gasteiger partial charge on any atom is 0.249 e. The number of benzene rings is 1. The number of piperazine rings is 1. The Bertz CT molecular complexity index is 730. The van der Waals surface area contributed by atoms with Crippen molar-refractivity contribution in [2.24, 2.45) is 0 Å². The molecule has 0 radical (unpaired) electrons. The van der Waals surface area contributed by atoms with E-state index in [1.165, 1.54) is 10.5 Å². The molecule has 26 heavy (non-hydrogen) atoms. The van der Waals surface area contributed by atoms with Gasteiger partial charge in [0.15, 0.2) is 0 Å². The van der Waals surface area contributed by atoms with Gasteiger partial charge in [-0.05, 0) is 55.5 Å². The normalized spacial score (nSPS) is 17.3. The summed E-state index contributed by atoms with van der Waals surface area (Å²) >= 11 is 0. The first kappa shape index (κ1) is 18.1. The second-order valence-electron chi connectivity index (χ2n) is 6.96. The molecule has 1 aliphatic rings. The molecule has 5 nitrogen and oxygen atoms in total. The van der Waals surface area contributed by atoms with E-state index in [-0.39, 0.29) is 30.9 Å². The Morgan fingerprint density at radius 3 is 2.15 bits per heavy atom. The summed E-state index contributed by atoms with van der Waals surface area (Å²) in [6.07, 6.45) is 5.31. The number of imide groups is 1. The predicted molar refractivity (Wildman–Crippen MR) is 102 cm³/mol. The van der Waals surface area contributed by atoms with E-state index in [1.54, 1.807) is 12.4 Å². The van der Waals surface area contributed by atoms with Crippen molar-refractivity contribution in [2.45, 2.75) is 38.6 Å². The molecule has 0 N–H and O–H groups in total. The van der Waals surface area contributed by atoms with E-state index in [0.29, 0.717) is 5.92 Å². The van der Waals surface area contributed by atoms with Crippen molar-refractivity contribution in [3.05, 3.63) is 60.4 Å². The number of hydrogen-bond donors (Lipinski definition) is 0. The van der Waals surface area contributed by atoms with Crippen molar-refractivity contribution in [3.63, 3.8) is 0 Å². The Hall–Kier alpha value is -2.69. The minimum absolute atomic E-state index is 0.0859.